The predicted octanol–water partition coefficient (Wildman–Crippen LogP) is 6.53. The molecule has 2 unspecified atom stereocenters. The quantitative estimate of drug-likeness (QED) is 0.0771. The van der Waals surface area contributed by atoms with Crippen molar-refractivity contribution in [2.24, 2.45) is 0 Å². The Hall–Kier alpha value is -6.78. The van der Waals surface area contributed by atoms with E-state index in [2.05, 4.69) is 55.7 Å². The van der Waals surface area contributed by atoms with Gasteiger partial charge in [0.05, 0.1) is 52.9 Å². The lowest BCUT2D eigenvalue weighted by Gasteiger charge is -2.30. The number of anilines is 2. The zero-order chi connectivity index (χ0) is 58.2. The van der Waals surface area contributed by atoms with Crippen molar-refractivity contribution in [3.8, 4) is 45.6 Å². The third-order valence-corrected chi connectivity index (χ3v) is 16.2. The van der Waals surface area contributed by atoms with Crippen LogP contribution in [-0.2, 0) is 46.3 Å². The van der Waals surface area contributed by atoms with Crippen LogP contribution >= 0.6 is 58.9 Å². The van der Waals surface area contributed by atoms with E-state index in [0.717, 1.165) is 0 Å². The minimum Gasteiger partial charge on any atom is -0.536 e. The lowest BCUT2D eigenvalue weighted by Crippen LogP contribution is -2.41. The van der Waals surface area contributed by atoms with Crippen LogP contribution in [0.15, 0.2) is 124 Å². The van der Waals surface area contributed by atoms with Crippen molar-refractivity contribution in [3.05, 3.63) is 185 Å². The summed E-state index contributed by atoms with van der Waals surface area (Å²) in [5.74, 6) is 0.123. The van der Waals surface area contributed by atoms with Gasteiger partial charge in [-0.1, -0.05) is 35.3 Å². The molecule has 33 heteroatoms. The van der Waals surface area contributed by atoms with Crippen LogP contribution in [0, 0.1) is 18.6 Å². The summed E-state index contributed by atoms with van der Waals surface area (Å²) in [5, 5.41) is 23.9. The molecule has 83 heavy (non-hydrogen) atoms. The van der Waals surface area contributed by atoms with Crippen molar-refractivity contribution in [1.82, 2.24) is 48.1 Å². The first kappa shape index (κ1) is 65.4. The lowest BCUT2D eigenvalue weighted by atomic mass is 10.0. The minimum atomic E-state index is -3.95. The maximum atomic E-state index is 15.6. The van der Waals surface area contributed by atoms with Gasteiger partial charge in [0.1, 0.15) is 28.9 Å². The third kappa shape index (κ3) is 15.3. The molecule has 23 nitrogen and oxygen atoms in total. The zero-order valence-electron chi connectivity index (χ0n) is 44.3. The Morgan fingerprint density at radius 1 is 0.651 bits per heavy atom. The molecule has 3 N–H and O–H groups in total. The molecule has 0 aliphatic carbocycles. The Balaban J connectivity index is 0.000000224. The number of halogens is 5. The average Bonchev–Trinajstić information content (AvgIpc) is 3.63. The van der Waals surface area contributed by atoms with Gasteiger partial charge in [0.2, 0.25) is 5.88 Å². The Morgan fingerprint density at radius 3 is 1.63 bits per heavy atom. The first-order valence-electron chi connectivity index (χ1n) is 23.7. The van der Waals surface area contributed by atoms with Crippen LogP contribution in [0.5, 0.6) is 23.1 Å². The molecule has 10 rings (SSSR count). The van der Waals surface area contributed by atoms with Crippen LogP contribution in [0.25, 0.3) is 22.5 Å². The molecule has 2 aromatic carbocycles. The number of ether oxygens (including phenoxy) is 3. The molecule has 6 aromatic heterocycles. The second-order valence-electron chi connectivity index (χ2n) is 17.2. The molecule has 0 amide bonds. The van der Waals surface area contributed by atoms with Crippen LogP contribution in [-0.4, -0.2) is 112 Å². The summed E-state index contributed by atoms with van der Waals surface area (Å²) in [6, 6.07) is 20.3. The SMILES string of the molecule is COc1cc(-c2cc(Cl)cnc2OC)c(F)cc1-n1c2c(ccc1=O)CN(S(=O)(=O)Nc1cccnn1)CC2.COc1cc(Br)c(F)cc1-n1c2c(ccc1=O)CN(S(=O)(=O)Nc1cccnn1)CC2.Cc1ncc(Cl)cc1O[B]O.P.P. The summed E-state index contributed by atoms with van der Waals surface area (Å²) in [4.78, 5) is 33.8. The molecule has 0 spiro atoms. The van der Waals surface area contributed by atoms with Crippen molar-refractivity contribution >= 4 is 98.7 Å². The molecule has 0 saturated heterocycles. The largest absolute Gasteiger partial charge is 0.569 e. The molecule has 8 heterocycles. The van der Waals surface area contributed by atoms with Gasteiger partial charge >= 0.3 is 28.1 Å². The molecule has 1 radical (unpaired) electrons. The second kappa shape index (κ2) is 28.7. The van der Waals surface area contributed by atoms with E-state index in [1.54, 1.807) is 37.3 Å². The van der Waals surface area contributed by atoms with Crippen LogP contribution in [0.4, 0.5) is 20.4 Å². The zero-order valence-corrected chi connectivity index (χ0v) is 51.9. The van der Waals surface area contributed by atoms with E-state index in [1.807, 2.05) is 0 Å². The van der Waals surface area contributed by atoms with Crippen molar-refractivity contribution in [2.75, 3.05) is 43.9 Å². The fourth-order valence-corrected chi connectivity index (χ4v) is 11.4. The number of methoxy groups -OCH3 is 3. The third-order valence-electron chi connectivity index (χ3n) is 12.2. The van der Waals surface area contributed by atoms with Gasteiger partial charge in [0, 0.05) is 117 Å². The number of aryl methyl sites for hydroxylation is 1. The first-order valence-corrected chi connectivity index (χ1v) is 28.1. The molecule has 2 atom stereocenters. The van der Waals surface area contributed by atoms with E-state index in [-0.39, 0.29) is 114 Å². The number of benzene rings is 2. The van der Waals surface area contributed by atoms with Crippen LogP contribution in [0.2, 0.25) is 10.0 Å². The van der Waals surface area contributed by atoms with Gasteiger partial charge < -0.3 is 23.9 Å². The average molecular weight is 1320 g/mol. The smallest absolute Gasteiger partial charge is 0.536 e. The summed E-state index contributed by atoms with van der Waals surface area (Å²) in [5.41, 5.74) is 3.09. The Kier molecular flexibility index (Phi) is 22.6. The van der Waals surface area contributed by atoms with E-state index in [9.17, 15) is 30.8 Å². The monoisotopic (exact) mass is 1320 g/mol. The summed E-state index contributed by atoms with van der Waals surface area (Å²) < 4.78 is 112. The highest BCUT2D eigenvalue weighted by Gasteiger charge is 2.32. The van der Waals surface area contributed by atoms with Gasteiger partial charge in [-0.05, 0) is 76.4 Å². The summed E-state index contributed by atoms with van der Waals surface area (Å²) in [7, 11) is -3.01. The lowest BCUT2D eigenvalue weighted by molar-refractivity contribution is 0.385. The van der Waals surface area contributed by atoms with Crippen molar-refractivity contribution < 1.29 is 49.5 Å². The fourth-order valence-electron chi connectivity index (χ4n) is 8.51. The van der Waals surface area contributed by atoms with Gasteiger partial charge in [-0.3, -0.25) is 33.2 Å². The standard InChI is InChI=1S/C25H22ClFN6O5S.C19H17BrFN5O4S.C6H6BClNO2.2H3P/c1-37-22-11-17(18-10-16(26)13-28-25(18)38-2)19(27)12-21(22)33-20-7-9-32(14-15(20)5-6-24(33)34)39(35,36)31-23-4-3-8-29-30-23;1-30-17-9-13(20)14(21)10-16(17)26-15-6-8-25(11-12(15)4-5-19(26)27)31(28,29)24-18-3-2-7-22-23-18;1-4-6(11-7-10)2-5(8)3-9-4;;/h3-6,8,10-13H,7,9,14H2,1-2H3,(H,30,31);2-5,7,9-10H,6,8,11H2,1H3,(H,23,24);2-3,10H,1H3;2*1H3. The fraction of sp³-hybridized carbons (Fsp3) is 0.200. The molecular formula is C50H51BBrCl2F2N12O11P2S2. The number of pyridine rings is 4. The van der Waals surface area contributed by atoms with Gasteiger partial charge in [0.25, 0.3) is 11.1 Å². The van der Waals surface area contributed by atoms with E-state index < -0.39 is 37.6 Å². The highest BCUT2D eigenvalue weighted by Crippen LogP contribution is 2.38. The normalized spacial score (nSPS) is 12.9. The maximum absolute atomic E-state index is 15.6. The molecular weight excluding hydrogens is 1270 g/mol. The van der Waals surface area contributed by atoms with E-state index in [1.165, 1.54) is 118 Å². The first-order chi connectivity index (χ1) is 38.7. The van der Waals surface area contributed by atoms with Gasteiger partial charge in [-0.25, -0.2) is 13.8 Å². The highest BCUT2D eigenvalue weighted by atomic mass is 79.9. The summed E-state index contributed by atoms with van der Waals surface area (Å²) in [6.45, 7) is 1.97. The number of aromatic nitrogens is 8. The summed E-state index contributed by atoms with van der Waals surface area (Å²) in [6.07, 6.45) is 6.20. The van der Waals surface area contributed by atoms with E-state index in [0.29, 0.717) is 58.0 Å². The number of hydrogen-bond acceptors (Lipinski definition) is 17. The number of hydrogen-bond donors (Lipinski definition) is 3. The topological polar surface area (TPSA) is 277 Å². The molecule has 437 valence electrons. The Bertz CT molecular complexity index is 4000. The van der Waals surface area contributed by atoms with Crippen LogP contribution in [0.3, 0.4) is 0 Å². The number of fused-ring (bicyclic) bond motifs is 2. The Morgan fingerprint density at radius 2 is 1.14 bits per heavy atom. The molecule has 2 aliphatic rings. The van der Waals surface area contributed by atoms with Gasteiger partial charge in [0.15, 0.2) is 11.6 Å². The molecule has 0 fully saturated rings. The van der Waals surface area contributed by atoms with Gasteiger partial charge in [-0.15, -0.1) is 10.2 Å². The van der Waals surface area contributed by atoms with Crippen molar-refractivity contribution in [3.63, 3.8) is 0 Å². The van der Waals surface area contributed by atoms with Crippen molar-refractivity contribution in [2.45, 2.75) is 32.9 Å². The Labute approximate surface area is 500 Å². The molecule has 0 bridgehead atoms. The molecule has 8 aromatic rings. The molecule has 0 saturated carbocycles. The number of rotatable bonds is 14. The van der Waals surface area contributed by atoms with E-state index in [4.69, 9.17) is 47.1 Å². The number of nitrogens with one attached hydrogen (secondary N) is 2. The second-order valence-corrected chi connectivity index (χ2v) is 22.2. The number of nitrogens with zero attached hydrogens (tertiary/aromatic N) is 10. The van der Waals surface area contributed by atoms with Gasteiger partial charge in [-0.2, -0.15) is 55.4 Å². The summed E-state index contributed by atoms with van der Waals surface area (Å²) >= 11 is 14.8. The van der Waals surface area contributed by atoms with Crippen LogP contribution in [0.1, 0.15) is 28.2 Å². The predicted molar refractivity (Wildman–Crippen MR) is 322 cm³/mol. The highest BCUT2D eigenvalue weighted by molar-refractivity contribution is 9.10. The van der Waals surface area contributed by atoms with Crippen LogP contribution < -0.4 is 39.4 Å². The molecule has 2 aliphatic heterocycles. The maximum Gasteiger partial charge on any atom is 0.569 e. The van der Waals surface area contributed by atoms with Crippen molar-refractivity contribution in [1.29, 1.82) is 0 Å². The van der Waals surface area contributed by atoms with E-state index >= 15 is 4.39 Å². The minimum absolute atomic E-state index is 0.